The Morgan fingerprint density at radius 3 is 2.60 bits per heavy atom. The third-order valence-corrected chi connectivity index (χ3v) is 4.99. The number of benzene rings is 2. The summed E-state index contributed by atoms with van der Waals surface area (Å²) < 4.78 is 4.05. The van der Waals surface area contributed by atoms with E-state index in [2.05, 4.69) is 4.98 Å². The standard InChI is InChI=1S/C20H16ClN5O4/c1-2-24-19(27)17-18(25(20(24)28)15-7-4-6-14(21)10-15)22-12-23(17)11-13-5-3-8-16(9-13)26(29)30/h3-10,12H,2,11H2,1H3. The first-order valence-corrected chi connectivity index (χ1v) is 9.48. The van der Waals surface area contributed by atoms with Gasteiger partial charge >= 0.3 is 5.69 Å². The van der Waals surface area contributed by atoms with Gasteiger partial charge in [0.05, 0.1) is 16.9 Å². The largest absolute Gasteiger partial charge is 0.337 e. The van der Waals surface area contributed by atoms with E-state index in [-0.39, 0.29) is 29.9 Å². The molecule has 0 saturated carbocycles. The van der Waals surface area contributed by atoms with Crippen molar-refractivity contribution in [3.8, 4) is 5.69 Å². The van der Waals surface area contributed by atoms with E-state index in [1.807, 2.05) is 0 Å². The maximum atomic E-state index is 13.0. The lowest BCUT2D eigenvalue weighted by Gasteiger charge is -2.12. The van der Waals surface area contributed by atoms with E-state index in [0.29, 0.717) is 16.3 Å². The average molecular weight is 426 g/mol. The highest BCUT2D eigenvalue weighted by Crippen LogP contribution is 2.19. The molecule has 4 rings (SSSR count). The van der Waals surface area contributed by atoms with Crippen molar-refractivity contribution in [1.82, 2.24) is 18.7 Å². The lowest BCUT2D eigenvalue weighted by Crippen LogP contribution is -2.39. The first-order chi connectivity index (χ1) is 14.4. The summed E-state index contributed by atoms with van der Waals surface area (Å²) >= 11 is 6.09. The molecule has 10 heteroatoms. The van der Waals surface area contributed by atoms with Crippen LogP contribution in [0.5, 0.6) is 0 Å². The van der Waals surface area contributed by atoms with Gasteiger partial charge in [-0.25, -0.2) is 14.3 Å². The predicted molar refractivity (Wildman–Crippen MR) is 112 cm³/mol. The first kappa shape index (κ1) is 19.6. The fraction of sp³-hybridized carbons (Fsp3) is 0.150. The quantitative estimate of drug-likeness (QED) is 0.361. The van der Waals surface area contributed by atoms with E-state index in [4.69, 9.17) is 11.6 Å². The number of rotatable bonds is 5. The zero-order valence-electron chi connectivity index (χ0n) is 15.9. The molecule has 30 heavy (non-hydrogen) atoms. The molecule has 0 aliphatic carbocycles. The Bertz CT molecular complexity index is 1400. The van der Waals surface area contributed by atoms with Crippen LogP contribution in [0.4, 0.5) is 5.69 Å². The molecule has 0 radical (unpaired) electrons. The van der Waals surface area contributed by atoms with Crippen molar-refractivity contribution in [3.05, 3.63) is 96.4 Å². The molecule has 0 fully saturated rings. The lowest BCUT2D eigenvalue weighted by atomic mass is 10.2. The summed E-state index contributed by atoms with van der Waals surface area (Å²) in [5.41, 5.74) is 0.507. The third kappa shape index (κ3) is 3.29. The van der Waals surface area contributed by atoms with E-state index in [1.165, 1.54) is 23.0 Å². The third-order valence-electron chi connectivity index (χ3n) is 4.76. The molecule has 0 bridgehead atoms. The maximum Gasteiger partial charge on any atom is 0.337 e. The van der Waals surface area contributed by atoms with Gasteiger partial charge in [-0.2, -0.15) is 0 Å². The summed E-state index contributed by atoms with van der Waals surface area (Å²) in [5.74, 6) is 0. The number of hydrogen-bond acceptors (Lipinski definition) is 5. The van der Waals surface area contributed by atoms with Crippen LogP contribution < -0.4 is 11.2 Å². The van der Waals surface area contributed by atoms with Crippen LogP contribution in [0, 0.1) is 10.1 Å². The fourth-order valence-corrected chi connectivity index (χ4v) is 3.58. The number of imidazole rings is 1. The molecule has 0 N–H and O–H groups in total. The summed E-state index contributed by atoms with van der Waals surface area (Å²) in [6.45, 7) is 2.07. The van der Waals surface area contributed by atoms with Crippen molar-refractivity contribution in [1.29, 1.82) is 0 Å². The summed E-state index contributed by atoms with van der Waals surface area (Å²) in [5, 5.41) is 11.5. The summed E-state index contributed by atoms with van der Waals surface area (Å²) in [6.07, 6.45) is 1.45. The number of aromatic nitrogens is 4. The number of non-ortho nitro benzene ring substituents is 1. The van der Waals surface area contributed by atoms with Crippen LogP contribution in [-0.2, 0) is 13.1 Å². The second kappa shape index (κ2) is 7.60. The van der Waals surface area contributed by atoms with Crippen molar-refractivity contribution < 1.29 is 4.92 Å². The number of halogens is 1. The number of hydrogen-bond donors (Lipinski definition) is 0. The highest BCUT2D eigenvalue weighted by atomic mass is 35.5. The van der Waals surface area contributed by atoms with Crippen LogP contribution in [0.1, 0.15) is 12.5 Å². The van der Waals surface area contributed by atoms with Crippen LogP contribution in [0.3, 0.4) is 0 Å². The second-order valence-electron chi connectivity index (χ2n) is 6.62. The minimum absolute atomic E-state index is 0.0428. The van der Waals surface area contributed by atoms with Crippen molar-refractivity contribution >= 4 is 28.5 Å². The van der Waals surface area contributed by atoms with Gasteiger partial charge in [0.15, 0.2) is 11.2 Å². The van der Waals surface area contributed by atoms with Gasteiger partial charge in [-0.1, -0.05) is 29.8 Å². The molecule has 0 aliphatic heterocycles. The van der Waals surface area contributed by atoms with Gasteiger partial charge in [0.1, 0.15) is 0 Å². The summed E-state index contributed by atoms with van der Waals surface area (Å²) in [4.78, 5) is 40.9. The summed E-state index contributed by atoms with van der Waals surface area (Å²) in [6, 6.07) is 12.9. The predicted octanol–water partition coefficient (Wildman–Crippen LogP) is 2.98. The number of nitro benzene ring substituents is 1. The Morgan fingerprint density at radius 1 is 1.13 bits per heavy atom. The van der Waals surface area contributed by atoms with E-state index in [9.17, 15) is 19.7 Å². The monoisotopic (exact) mass is 425 g/mol. The maximum absolute atomic E-state index is 13.0. The van der Waals surface area contributed by atoms with E-state index >= 15 is 0 Å². The van der Waals surface area contributed by atoms with E-state index < -0.39 is 16.2 Å². The molecule has 0 spiro atoms. The lowest BCUT2D eigenvalue weighted by molar-refractivity contribution is -0.384. The van der Waals surface area contributed by atoms with E-state index in [0.717, 1.165) is 4.57 Å². The Morgan fingerprint density at radius 2 is 1.90 bits per heavy atom. The van der Waals surface area contributed by atoms with Gasteiger partial charge in [-0.15, -0.1) is 0 Å². The molecule has 2 aromatic carbocycles. The minimum atomic E-state index is -0.516. The normalized spacial score (nSPS) is 11.1. The molecule has 0 saturated heterocycles. The molecule has 0 aliphatic rings. The van der Waals surface area contributed by atoms with Crippen LogP contribution in [0.2, 0.25) is 5.02 Å². The number of fused-ring (bicyclic) bond motifs is 1. The molecular formula is C20H16ClN5O4. The van der Waals surface area contributed by atoms with E-state index in [1.54, 1.807) is 47.9 Å². The number of nitrogens with zero attached hydrogens (tertiary/aromatic N) is 5. The molecular weight excluding hydrogens is 410 g/mol. The van der Waals surface area contributed by atoms with Crippen molar-refractivity contribution in [2.24, 2.45) is 0 Å². The van der Waals surface area contributed by atoms with Crippen LogP contribution in [-0.4, -0.2) is 23.6 Å². The van der Waals surface area contributed by atoms with Gasteiger partial charge in [-0.05, 0) is 30.7 Å². The fourth-order valence-electron chi connectivity index (χ4n) is 3.39. The average Bonchev–Trinajstić information content (AvgIpc) is 3.12. The van der Waals surface area contributed by atoms with Gasteiger partial charge in [0.25, 0.3) is 11.2 Å². The van der Waals surface area contributed by atoms with Crippen molar-refractivity contribution in [3.63, 3.8) is 0 Å². The smallest absolute Gasteiger partial charge is 0.320 e. The highest BCUT2D eigenvalue weighted by molar-refractivity contribution is 6.30. The molecule has 2 heterocycles. The molecule has 0 unspecified atom stereocenters. The molecule has 9 nitrogen and oxygen atoms in total. The van der Waals surface area contributed by atoms with Crippen LogP contribution in [0.15, 0.2) is 64.4 Å². The molecule has 152 valence electrons. The molecule has 0 atom stereocenters. The Kier molecular flexibility index (Phi) is 4.96. The Hall–Kier alpha value is -3.72. The second-order valence-corrected chi connectivity index (χ2v) is 7.06. The first-order valence-electron chi connectivity index (χ1n) is 9.10. The van der Waals surface area contributed by atoms with Gasteiger partial charge < -0.3 is 4.57 Å². The van der Waals surface area contributed by atoms with Crippen LogP contribution >= 0.6 is 11.6 Å². The van der Waals surface area contributed by atoms with Crippen molar-refractivity contribution in [2.45, 2.75) is 20.0 Å². The molecule has 0 amide bonds. The Labute approximate surface area is 174 Å². The molecule has 4 aromatic rings. The highest BCUT2D eigenvalue weighted by Gasteiger charge is 2.19. The molecule has 2 aromatic heterocycles. The zero-order valence-corrected chi connectivity index (χ0v) is 16.6. The minimum Gasteiger partial charge on any atom is -0.320 e. The van der Waals surface area contributed by atoms with Gasteiger partial charge in [-0.3, -0.25) is 19.5 Å². The number of nitro groups is 1. The zero-order chi connectivity index (χ0) is 21.4. The summed E-state index contributed by atoms with van der Waals surface area (Å²) in [7, 11) is 0. The van der Waals surface area contributed by atoms with Gasteiger partial charge in [0.2, 0.25) is 0 Å². The topological polar surface area (TPSA) is 105 Å². The van der Waals surface area contributed by atoms with Crippen LogP contribution in [0.25, 0.3) is 16.9 Å². The SMILES string of the molecule is CCn1c(=O)c2c(ncn2Cc2cccc([N+](=O)[O-])c2)n(-c2cccc(Cl)c2)c1=O. The van der Waals surface area contributed by atoms with Gasteiger partial charge in [0, 0.05) is 30.2 Å². The van der Waals surface area contributed by atoms with Crippen molar-refractivity contribution in [2.75, 3.05) is 0 Å². The Balaban J connectivity index is 1.95.